The molecule has 2 rings (SSSR count). The Hall–Kier alpha value is -2.21. The molecule has 3 nitrogen and oxygen atoms in total. The fourth-order valence-electron chi connectivity index (χ4n) is 1.82. The van der Waals surface area contributed by atoms with Crippen molar-refractivity contribution in [1.29, 1.82) is 0 Å². The maximum absolute atomic E-state index is 12.8. The lowest BCUT2D eigenvalue weighted by Gasteiger charge is -2.12. The minimum Gasteiger partial charge on any atom is -0.489 e. The Morgan fingerprint density at radius 3 is 2.26 bits per heavy atom. The molecule has 0 atom stereocenters. The average molecular weight is 345 g/mol. The number of benzene rings is 2. The molecular weight excluding hydrogens is 333 g/mol. The number of hydrogen-bond donors (Lipinski definition) is 0. The summed E-state index contributed by atoms with van der Waals surface area (Å²) in [6, 6.07) is 9.77. The molecule has 0 aromatic heterocycles. The van der Waals surface area contributed by atoms with Gasteiger partial charge in [-0.25, -0.2) is 0 Å². The number of carbonyl (C=O) groups excluding carboxylic acids is 1. The van der Waals surface area contributed by atoms with Crippen molar-refractivity contribution in [3.05, 3.63) is 58.6 Å². The first-order valence-corrected chi connectivity index (χ1v) is 6.90. The van der Waals surface area contributed by atoms with Crippen molar-refractivity contribution in [3.8, 4) is 11.5 Å². The highest BCUT2D eigenvalue weighted by atomic mass is 35.5. The lowest BCUT2D eigenvalue weighted by molar-refractivity contribution is -0.137. The van der Waals surface area contributed by atoms with E-state index in [2.05, 4.69) is 0 Å². The third kappa shape index (κ3) is 4.89. The van der Waals surface area contributed by atoms with Crippen LogP contribution in [0.5, 0.6) is 11.5 Å². The predicted octanol–water partition coefficient (Wildman–Crippen LogP) is 4.86. The molecule has 0 aliphatic carbocycles. The summed E-state index contributed by atoms with van der Waals surface area (Å²) in [4.78, 5) is 10.8. The Morgan fingerprint density at radius 2 is 1.70 bits per heavy atom. The SMILES string of the molecule is CC(=O)Oc1ccc(OCc2ccc(Cl)c(C(F)(F)F)c2)cc1. The van der Waals surface area contributed by atoms with Crippen molar-refractivity contribution < 1.29 is 27.4 Å². The zero-order valence-corrected chi connectivity index (χ0v) is 12.7. The van der Waals surface area contributed by atoms with Crippen LogP contribution in [0.1, 0.15) is 18.1 Å². The number of rotatable bonds is 4. The molecule has 0 saturated heterocycles. The normalized spacial score (nSPS) is 11.2. The minimum absolute atomic E-state index is 0.0485. The van der Waals surface area contributed by atoms with Crippen LogP contribution in [0.3, 0.4) is 0 Å². The van der Waals surface area contributed by atoms with Gasteiger partial charge < -0.3 is 9.47 Å². The Morgan fingerprint density at radius 1 is 1.09 bits per heavy atom. The quantitative estimate of drug-likeness (QED) is 0.586. The number of alkyl halides is 3. The van der Waals surface area contributed by atoms with Crippen LogP contribution in [0.4, 0.5) is 13.2 Å². The van der Waals surface area contributed by atoms with Gasteiger partial charge in [-0.05, 0) is 42.0 Å². The summed E-state index contributed by atoms with van der Waals surface area (Å²) in [7, 11) is 0. The molecule has 0 bridgehead atoms. The van der Waals surface area contributed by atoms with Crippen molar-refractivity contribution in [1.82, 2.24) is 0 Å². The number of halogens is 4. The topological polar surface area (TPSA) is 35.5 Å². The molecule has 122 valence electrons. The van der Waals surface area contributed by atoms with E-state index in [0.717, 1.165) is 6.07 Å². The average Bonchev–Trinajstić information content (AvgIpc) is 2.46. The van der Waals surface area contributed by atoms with E-state index in [1.54, 1.807) is 12.1 Å². The Kier molecular flexibility index (Phi) is 5.15. The molecule has 0 saturated carbocycles. The summed E-state index contributed by atoms with van der Waals surface area (Å²) >= 11 is 5.55. The number of ether oxygens (including phenoxy) is 2. The summed E-state index contributed by atoms with van der Waals surface area (Å²) in [6.07, 6.45) is -4.52. The van der Waals surface area contributed by atoms with Crippen LogP contribution in [0, 0.1) is 0 Å². The van der Waals surface area contributed by atoms with E-state index in [4.69, 9.17) is 21.1 Å². The largest absolute Gasteiger partial charge is 0.489 e. The van der Waals surface area contributed by atoms with Crippen molar-refractivity contribution in [2.45, 2.75) is 19.7 Å². The van der Waals surface area contributed by atoms with Crippen molar-refractivity contribution in [3.63, 3.8) is 0 Å². The maximum atomic E-state index is 12.8. The molecule has 2 aromatic carbocycles. The lowest BCUT2D eigenvalue weighted by atomic mass is 10.1. The number of hydrogen-bond acceptors (Lipinski definition) is 3. The van der Waals surface area contributed by atoms with Crippen molar-refractivity contribution in [2.75, 3.05) is 0 Å². The van der Waals surface area contributed by atoms with E-state index in [1.165, 1.54) is 31.2 Å². The molecule has 2 aromatic rings. The van der Waals surface area contributed by atoms with Gasteiger partial charge in [-0.2, -0.15) is 13.2 Å². The number of carbonyl (C=O) groups is 1. The van der Waals surface area contributed by atoms with E-state index in [0.29, 0.717) is 17.1 Å². The standard InChI is InChI=1S/C16H12ClF3O3/c1-10(21)23-13-5-3-12(4-6-13)22-9-11-2-7-15(17)14(8-11)16(18,19)20/h2-8H,9H2,1H3. The van der Waals surface area contributed by atoms with Gasteiger partial charge in [-0.15, -0.1) is 0 Å². The predicted molar refractivity (Wildman–Crippen MR) is 78.5 cm³/mol. The molecule has 0 fully saturated rings. The second-order valence-corrected chi connectivity index (χ2v) is 5.07. The highest BCUT2D eigenvalue weighted by molar-refractivity contribution is 6.31. The molecular formula is C16H12ClF3O3. The Balaban J connectivity index is 2.05. The van der Waals surface area contributed by atoms with Gasteiger partial charge in [0.25, 0.3) is 0 Å². The molecule has 0 unspecified atom stereocenters. The summed E-state index contributed by atoms with van der Waals surface area (Å²) in [5.74, 6) is 0.347. The van der Waals surface area contributed by atoms with Gasteiger partial charge in [0.05, 0.1) is 10.6 Å². The van der Waals surface area contributed by atoms with Crippen LogP contribution in [-0.2, 0) is 17.6 Å². The number of esters is 1. The van der Waals surface area contributed by atoms with E-state index in [-0.39, 0.29) is 11.6 Å². The van der Waals surface area contributed by atoms with Crippen LogP contribution in [0.15, 0.2) is 42.5 Å². The van der Waals surface area contributed by atoms with Gasteiger partial charge >= 0.3 is 12.1 Å². The fraction of sp³-hybridized carbons (Fsp3) is 0.188. The first-order chi connectivity index (χ1) is 10.8. The Bertz CT molecular complexity index is 697. The third-order valence-electron chi connectivity index (χ3n) is 2.83. The second kappa shape index (κ2) is 6.91. The summed E-state index contributed by atoms with van der Waals surface area (Å²) in [6.45, 7) is 1.23. The van der Waals surface area contributed by atoms with Gasteiger partial charge in [0.1, 0.15) is 18.1 Å². The highest BCUT2D eigenvalue weighted by Gasteiger charge is 2.33. The molecule has 0 N–H and O–H groups in total. The second-order valence-electron chi connectivity index (χ2n) is 4.67. The first kappa shape index (κ1) is 17.1. The van der Waals surface area contributed by atoms with Gasteiger partial charge in [0, 0.05) is 6.92 Å². The van der Waals surface area contributed by atoms with E-state index < -0.39 is 17.7 Å². The van der Waals surface area contributed by atoms with Gasteiger partial charge in [-0.3, -0.25) is 4.79 Å². The van der Waals surface area contributed by atoms with Gasteiger partial charge in [0.15, 0.2) is 0 Å². The van der Waals surface area contributed by atoms with Crippen LogP contribution >= 0.6 is 11.6 Å². The fourth-order valence-corrected chi connectivity index (χ4v) is 2.04. The zero-order valence-electron chi connectivity index (χ0n) is 12.0. The van der Waals surface area contributed by atoms with Crippen LogP contribution < -0.4 is 9.47 Å². The third-order valence-corrected chi connectivity index (χ3v) is 3.16. The van der Waals surface area contributed by atoms with E-state index in [1.807, 2.05) is 0 Å². The van der Waals surface area contributed by atoms with Gasteiger partial charge in [-0.1, -0.05) is 17.7 Å². The summed E-state index contributed by atoms with van der Waals surface area (Å²) in [5.41, 5.74) is -0.559. The molecule has 0 amide bonds. The van der Waals surface area contributed by atoms with Crippen molar-refractivity contribution in [2.24, 2.45) is 0 Å². The van der Waals surface area contributed by atoms with Crippen molar-refractivity contribution >= 4 is 17.6 Å². The Labute approximate surface area is 135 Å². The zero-order chi connectivity index (χ0) is 17.0. The molecule has 0 aliphatic rings. The maximum Gasteiger partial charge on any atom is 0.417 e. The molecule has 23 heavy (non-hydrogen) atoms. The molecule has 0 spiro atoms. The summed E-state index contributed by atoms with van der Waals surface area (Å²) in [5, 5.41) is -0.355. The smallest absolute Gasteiger partial charge is 0.417 e. The molecule has 0 aliphatic heterocycles. The monoisotopic (exact) mass is 344 g/mol. The van der Waals surface area contributed by atoms with E-state index >= 15 is 0 Å². The van der Waals surface area contributed by atoms with Gasteiger partial charge in [0.2, 0.25) is 0 Å². The van der Waals surface area contributed by atoms with Crippen LogP contribution in [-0.4, -0.2) is 5.97 Å². The minimum atomic E-state index is -4.52. The molecule has 0 radical (unpaired) electrons. The highest BCUT2D eigenvalue weighted by Crippen LogP contribution is 2.35. The van der Waals surface area contributed by atoms with Crippen LogP contribution in [0.2, 0.25) is 5.02 Å². The van der Waals surface area contributed by atoms with E-state index in [9.17, 15) is 18.0 Å². The van der Waals surface area contributed by atoms with Crippen LogP contribution in [0.25, 0.3) is 0 Å². The lowest BCUT2D eigenvalue weighted by Crippen LogP contribution is -2.07. The summed E-state index contributed by atoms with van der Waals surface area (Å²) < 4.78 is 48.6. The first-order valence-electron chi connectivity index (χ1n) is 6.52. The molecule has 0 heterocycles. The molecule has 7 heteroatoms.